The molecule has 2 aromatic carbocycles. The third kappa shape index (κ3) is 6.13. The van der Waals surface area contributed by atoms with Gasteiger partial charge in [0.1, 0.15) is 17.6 Å². The Morgan fingerprint density at radius 2 is 1.81 bits per heavy atom. The van der Waals surface area contributed by atoms with E-state index >= 15 is 0 Å². The van der Waals surface area contributed by atoms with Crippen LogP contribution in [-0.2, 0) is 21.7 Å². The predicted molar refractivity (Wildman–Crippen MR) is 98.2 cm³/mol. The summed E-state index contributed by atoms with van der Waals surface area (Å²) < 4.78 is 35.1. The zero-order valence-corrected chi connectivity index (χ0v) is 15.3. The molecule has 0 atom stereocenters. The average molecular weight is 393 g/mol. The maximum absolute atomic E-state index is 10.6. The van der Waals surface area contributed by atoms with Gasteiger partial charge in [-0.2, -0.15) is 4.57 Å². The number of aliphatic carboxylic acids is 1. The smallest absolute Gasteiger partial charge is 0.305 e. The minimum absolute atomic E-state index is 0.0990. The number of fused-ring (bicyclic) bond motifs is 2. The predicted octanol–water partition coefficient (Wildman–Crippen LogP) is 1.59. The molecule has 27 heavy (non-hydrogen) atoms. The first-order chi connectivity index (χ1) is 12.7. The second-order valence-corrected chi connectivity index (χ2v) is 6.40. The molecule has 3 N–H and O–H groups in total. The van der Waals surface area contributed by atoms with Crippen molar-refractivity contribution >= 4 is 44.1 Å². The first-order valence-electron chi connectivity index (χ1n) is 8.05. The second kappa shape index (κ2) is 8.71. The van der Waals surface area contributed by atoms with Gasteiger partial charge in [-0.1, -0.05) is 12.1 Å². The van der Waals surface area contributed by atoms with E-state index in [0.29, 0.717) is 6.54 Å². The van der Waals surface area contributed by atoms with Crippen LogP contribution >= 0.6 is 0 Å². The molecular formula is C17H19N3O6S. The van der Waals surface area contributed by atoms with E-state index < -0.39 is 16.4 Å². The Balaban J connectivity index is 0.000000465. The highest BCUT2D eigenvalue weighted by molar-refractivity contribution is 7.79. The van der Waals surface area contributed by atoms with Gasteiger partial charge in [0.15, 0.2) is 0 Å². The van der Waals surface area contributed by atoms with Crippen molar-refractivity contribution in [3.63, 3.8) is 0 Å². The van der Waals surface area contributed by atoms with E-state index in [0.717, 1.165) is 34.3 Å². The number of aromatic nitrogens is 2. The van der Waals surface area contributed by atoms with Crippen molar-refractivity contribution < 1.29 is 32.0 Å². The molecular weight excluding hydrogens is 374 g/mol. The number of aryl methyl sites for hydroxylation is 1. The van der Waals surface area contributed by atoms with Crippen LogP contribution in [0.25, 0.3) is 22.1 Å². The van der Waals surface area contributed by atoms with Crippen LogP contribution in [0, 0.1) is 0 Å². The molecule has 0 bridgehead atoms. The molecule has 0 aliphatic rings. The molecule has 0 aliphatic heterocycles. The summed E-state index contributed by atoms with van der Waals surface area (Å²) in [5.41, 5.74) is 4.96. The lowest BCUT2D eigenvalue weighted by Crippen LogP contribution is -2.34. The summed E-state index contributed by atoms with van der Waals surface area (Å²) in [5, 5.41) is 11.9. The van der Waals surface area contributed by atoms with Crippen molar-refractivity contribution in [2.45, 2.75) is 19.9 Å². The minimum Gasteiger partial charge on any atom is -0.726 e. The largest absolute Gasteiger partial charge is 0.726 e. The summed E-state index contributed by atoms with van der Waals surface area (Å²) in [6.07, 6.45) is 0.0990. The normalized spacial score (nSPS) is 11.1. The van der Waals surface area contributed by atoms with E-state index in [-0.39, 0.29) is 6.42 Å². The number of carboxylic acids is 1. The molecule has 3 rings (SSSR count). The Morgan fingerprint density at radius 3 is 2.44 bits per heavy atom. The number of carboxylic acid groups (broad SMARTS) is 1. The summed E-state index contributed by atoms with van der Waals surface area (Å²) in [6.45, 7) is 3.36. The summed E-state index contributed by atoms with van der Waals surface area (Å²) in [4.78, 5) is 15.3. The molecule has 0 spiro atoms. The van der Waals surface area contributed by atoms with Gasteiger partial charge in [0, 0.05) is 24.4 Å². The molecule has 1 heterocycles. The van der Waals surface area contributed by atoms with E-state index in [4.69, 9.17) is 27.6 Å². The molecule has 0 unspecified atom stereocenters. The first kappa shape index (κ1) is 20.5. The maximum atomic E-state index is 10.6. The zero-order chi connectivity index (χ0) is 20.0. The molecule has 10 heteroatoms. The molecule has 1 aromatic heterocycles. The van der Waals surface area contributed by atoms with Crippen LogP contribution in [0.2, 0.25) is 0 Å². The highest BCUT2D eigenvalue weighted by Gasteiger charge is 2.15. The van der Waals surface area contributed by atoms with Crippen LogP contribution in [-0.4, -0.2) is 40.1 Å². The Hall–Kier alpha value is -2.82. The Kier molecular flexibility index (Phi) is 6.61. The number of hydrogen-bond acceptors (Lipinski definition) is 6. The van der Waals surface area contributed by atoms with Gasteiger partial charge in [-0.3, -0.25) is 9.35 Å². The summed E-state index contributed by atoms with van der Waals surface area (Å²) in [7, 11) is -4.92. The molecule has 3 aromatic rings. The van der Waals surface area contributed by atoms with Gasteiger partial charge >= 0.3 is 5.97 Å². The Labute approximate surface area is 155 Å². The molecule has 9 nitrogen and oxygen atoms in total. The summed E-state index contributed by atoms with van der Waals surface area (Å²) in [6, 6.07) is 14.0. The van der Waals surface area contributed by atoms with Crippen molar-refractivity contribution in [1.82, 2.24) is 4.98 Å². The lowest BCUT2D eigenvalue weighted by molar-refractivity contribution is -0.641. The summed E-state index contributed by atoms with van der Waals surface area (Å²) in [5.74, 6) is -0.801. The molecule has 144 valence electrons. The van der Waals surface area contributed by atoms with Gasteiger partial charge in [-0.25, -0.2) is 13.4 Å². The number of rotatable bonds is 5. The third-order valence-electron chi connectivity index (χ3n) is 3.66. The molecule has 0 saturated carbocycles. The molecule has 0 fully saturated rings. The number of nitrogens with zero attached hydrogens (tertiary/aromatic N) is 2. The Bertz CT molecular complexity index is 1060. The van der Waals surface area contributed by atoms with Crippen LogP contribution in [0.5, 0.6) is 0 Å². The van der Waals surface area contributed by atoms with E-state index in [1.807, 2.05) is 36.4 Å². The van der Waals surface area contributed by atoms with E-state index in [2.05, 4.69) is 22.9 Å². The van der Waals surface area contributed by atoms with Crippen molar-refractivity contribution in [2.24, 2.45) is 0 Å². The zero-order valence-electron chi connectivity index (χ0n) is 14.5. The third-order valence-corrected chi connectivity index (χ3v) is 3.66. The van der Waals surface area contributed by atoms with Crippen molar-refractivity contribution in [2.75, 3.05) is 11.9 Å². The highest BCUT2D eigenvalue weighted by atomic mass is 32.3. The van der Waals surface area contributed by atoms with Gasteiger partial charge in [-0.05, 0) is 25.1 Å². The molecule has 0 saturated heterocycles. The Morgan fingerprint density at radius 1 is 1.19 bits per heavy atom. The number of hydrogen-bond donors (Lipinski definition) is 3. The number of anilines is 1. The number of nitrogens with one attached hydrogen (secondary N) is 1. The lowest BCUT2D eigenvalue weighted by atomic mass is 10.2. The monoisotopic (exact) mass is 393 g/mol. The minimum atomic E-state index is -4.92. The SMILES string of the molecule is CC[n+]1c2ccccc2nc2ccc(NCCC(=O)O)cc21.O=S(=O)([O-])O. The topological polar surface area (TPSA) is 144 Å². The lowest BCUT2D eigenvalue weighted by Gasteiger charge is -2.07. The second-order valence-electron chi connectivity index (χ2n) is 5.55. The van der Waals surface area contributed by atoms with Crippen molar-refractivity contribution in [3.8, 4) is 0 Å². The molecule has 0 amide bonds. The number of para-hydroxylation sites is 2. The highest BCUT2D eigenvalue weighted by Crippen LogP contribution is 2.18. The van der Waals surface area contributed by atoms with Crippen LogP contribution in [0.15, 0.2) is 42.5 Å². The fraction of sp³-hybridized carbons (Fsp3) is 0.235. The fourth-order valence-corrected chi connectivity index (χ4v) is 2.65. The molecule has 0 aliphatic carbocycles. The van der Waals surface area contributed by atoms with Gasteiger partial charge < -0.3 is 15.0 Å². The fourth-order valence-electron chi connectivity index (χ4n) is 2.65. The maximum Gasteiger partial charge on any atom is 0.305 e. The number of carbonyl (C=O) groups is 1. The van der Waals surface area contributed by atoms with E-state index in [1.54, 1.807) is 0 Å². The van der Waals surface area contributed by atoms with Crippen LogP contribution in [0.1, 0.15) is 13.3 Å². The standard InChI is InChI=1S/C17H17N3O2.H2O4S/c1-2-20-15-6-4-3-5-13(15)19-14-8-7-12(11-16(14)20)18-10-9-17(21)22;1-5(2,3)4/h3-8,11H,2,9-10H2,1H3,(H,21,22);(H2,1,2,3,4). The number of benzene rings is 2. The summed E-state index contributed by atoms with van der Waals surface area (Å²) >= 11 is 0. The quantitative estimate of drug-likeness (QED) is 0.257. The van der Waals surface area contributed by atoms with Gasteiger partial charge in [-0.15, -0.1) is 0 Å². The van der Waals surface area contributed by atoms with Crippen LogP contribution in [0.3, 0.4) is 0 Å². The van der Waals surface area contributed by atoms with E-state index in [9.17, 15) is 4.79 Å². The average Bonchev–Trinajstić information content (AvgIpc) is 2.58. The van der Waals surface area contributed by atoms with Crippen LogP contribution in [0.4, 0.5) is 5.69 Å². The van der Waals surface area contributed by atoms with Gasteiger partial charge in [0.2, 0.25) is 21.4 Å². The van der Waals surface area contributed by atoms with Gasteiger partial charge in [0.05, 0.1) is 6.42 Å². The van der Waals surface area contributed by atoms with Crippen molar-refractivity contribution in [3.05, 3.63) is 42.5 Å². The first-order valence-corrected chi connectivity index (χ1v) is 9.42. The molecule has 0 radical (unpaired) electrons. The van der Waals surface area contributed by atoms with Crippen molar-refractivity contribution in [1.29, 1.82) is 0 Å². The van der Waals surface area contributed by atoms with Gasteiger partial charge in [0.25, 0.3) is 0 Å². The van der Waals surface area contributed by atoms with Crippen LogP contribution < -0.4 is 9.88 Å². The van der Waals surface area contributed by atoms with E-state index in [1.165, 1.54) is 0 Å².